The smallest absolute Gasteiger partial charge is 0.219 e. The molecule has 1 fully saturated rings. The largest absolute Gasteiger partial charge is 0.343 e. The first-order chi connectivity index (χ1) is 15.9. The third kappa shape index (κ3) is 5.01. The molecule has 2 aromatic heterocycles. The quantitative estimate of drug-likeness (QED) is 0.552. The SMILES string of the molecule is CNCCC(=O)c1ccc(-c2nc3cc(C)ccn3c2CC2CCN(C(C)=O)CC2)c(C)c1. The number of piperidine rings is 1. The molecule has 174 valence electrons. The molecule has 3 aromatic rings. The number of ketones is 1. The van der Waals surface area contributed by atoms with E-state index < -0.39 is 0 Å². The van der Waals surface area contributed by atoms with Crippen molar-refractivity contribution < 1.29 is 9.59 Å². The molecule has 0 saturated carbocycles. The number of rotatable bonds is 7. The maximum atomic E-state index is 12.5. The van der Waals surface area contributed by atoms with Crippen LogP contribution in [0.15, 0.2) is 36.5 Å². The van der Waals surface area contributed by atoms with Gasteiger partial charge in [-0.05, 0) is 75.4 Å². The van der Waals surface area contributed by atoms with Gasteiger partial charge in [0.15, 0.2) is 5.78 Å². The Labute approximate surface area is 196 Å². The number of Topliss-reactive ketones (excluding diaryl/α,β-unsaturated/α-hetero) is 1. The van der Waals surface area contributed by atoms with Crippen molar-refractivity contribution in [1.29, 1.82) is 0 Å². The van der Waals surface area contributed by atoms with Gasteiger partial charge in [-0.3, -0.25) is 9.59 Å². The summed E-state index contributed by atoms with van der Waals surface area (Å²) in [7, 11) is 1.86. The first kappa shape index (κ1) is 23.2. The molecule has 0 atom stereocenters. The lowest BCUT2D eigenvalue weighted by atomic mass is 9.90. The number of amides is 1. The predicted molar refractivity (Wildman–Crippen MR) is 132 cm³/mol. The number of hydrogen-bond acceptors (Lipinski definition) is 4. The molecule has 1 amide bonds. The first-order valence-electron chi connectivity index (χ1n) is 11.9. The van der Waals surface area contributed by atoms with Crippen molar-refractivity contribution >= 4 is 17.3 Å². The number of hydrogen-bond donors (Lipinski definition) is 1. The monoisotopic (exact) mass is 446 g/mol. The lowest BCUT2D eigenvalue weighted by molar-refractivity contribution is -0.130. The Kier molecular flexibility index (Phi) is 6.94. The molecule has 4 rings (SSSR count). The fourth-order valence-corrected chi connectivity index (χ4v) is 4.82. The number of carbonyl (C=O) groups is 2. The topological polar surface area (TPSA) is 66.7 Å². The standard InChI is InChI=1S/C27H34N4O2/c1-18-8-14-31-24(17-21-9-12-30(13-10-21)20(3)32)27(29-26(31)15-18)23-6-5-22(16-19(23)2)25(33)7-11-28-4/h5-6,8,14-16,21,28H,7,9-13,17H2,1-4H3. The van der Waals surface area contributed by atoms with Crippen LogP contribution in [0.1, 0.15) is 53.4 Å². The summed E-state index contributed by atoms with van der Waals surface area (Å²) in [6.45, 7) is 8.14. The van der Waals surface area contributed by atoms with Crippen molar-refractivity contribution in [3.05, 3.63) is 58.9 Å². The highest BCUT2D eigenvalue weighted by atomic mass is 16.2. The van der Waals surface area contributed by atoms with E-state index in [1.54, 1.807) is 6.92 Å². The second-order valence-corrected chi connectivity index (χ2v) is 9.30. The fraction of sp³-hybridized carbons (Fsp3) is 0.444. The molecule has 0 spiro atoms. The second kappa shape index (κ2) is 9.87. The van der Waals surface area contributed by atoms with Crippen LogP contribution >= 0.6 is 0 Å². The number of likely N-dealkylation sites (tertiary alicyclic amines) is 1. The molecule has 1 N–H and O–H groups in total. The number of fused-ring (bicyclic) bond motifs is 1. The van der Waals surface area contributed by atoms with Gasteiger partial charge in [-0.15, -0.1) is 0 Å². The molecule has 6 nitrogen and oxygen atoms in total. The number of nitrogens with zero attached hydrogens (tertiary/aromatic N) is 3. The minimum Gasteiger partial charge on any atom is -0.343 e. The Morgan fingerprint density at radius 1 is 1.12 bits per heavy atom. The van der Waals surface area contributed by atoms with Crippen LogP contribution < -0.4 is 5.32 Å². The van der Waals surface area contributed by atoms with E-state index in [4.69, 9.17) is 4.98 Å². The highest BCUT2D eigenvalue weighted by Crippen LogP contribution is 2.32. The molecular weight excluding hydrogens is 412 g/mol. The third-order valence-electron chi connectivity index (χ3n) is 6.83. The summed E-state index contributed by atoms with van der Waals surface area (Å²) in [4.78, 5) is 31.2. The second-order valence-electron chi connectivity index (χ2n) is 9.30. The zero-order valence-electron chi connectivity index (χ0n) is 20.1. The van der Waals surface area contributed by atoms with Gasteiger partial charge in [-0.25, -0.2) is 4.98 Å². The third-order valence-corrected chi connectivity index (χ3v) is 6.83. The molecular formula is C27H34N4O2. The maximum Gasteiger partial charge on any atom is 0.219 e. The number of aryl methyl sites for hydroxylation is 2. The molecule has 1 saturated heterocycles. The zero-order chi connectivity index (χ0) is 23.5. The summed E-state index contributed by atoms with van der Waals surface area (Å²) in [5.41, 5.74) is 7.25. The van der Waals surface area contributed by atoms with Gasteiger partial charge in [0.2, 0.25) is 5.91 Å². The van der Waals surface area contributed by atoms with Gasteiger partial charge in [0.25, 0.3) is 0 Å². The van der Waals surface area contributed by atoms with Crippen LogP contribution in [0.3, 0.4) is 0 Å². The molecule has 0 radical (unpaired) electrons. The van der Waals surface area contributed by atoms with Crippen molar-refractivity contribution in [1.82, 2.24) is 19.6 Å². The Hall–Kier alpha value is -2.99. The Morgan fingerprint density at radius 2 is 1.88 bits per heavy atom. The van der Waals surface area contributed by atoms with E-state index in [2.05, 4.69) is 48.0 Å². The van der Waals surface area contributed by atoms with Crippen molar-refractivity contribution in [2.75, 3.05) is 26.7 Å². The summed E-state index contributed by atoms with van der Waals surface area (Å²) in [5, 5.41) is 3.04. The van der Waals surface area contributed by atoms with Crippen LogP contribution in [0.25, 0.3) is 16.9 Å². The van der Waals surface area contributed by atoms with Crippen LogP contribution in [0.2, 0.25) is 0 Å². The summed E-state index contributed by atoms with van der Waals surface area (Å²) >= 11 is 0. The average Bonchev–Trinajstić information content (AvgIpc) is 3.14. The number of benzene rings is 1. The number of nitrogens with one attached hydrogen (secondary N) is 1. The summed E-state index contributed by atoms with van der Waals surface area (Å²) < 4.78 is 2.21. The zero-order valence-corrected chi connectivity index (χ0v) is 20.1. The van der Waals surface area contributed by atoms with Gasteiger partial charge in [0.05, 0.1) is 11.4 Å². The molecule has 1 aliphatic heterocycles. The lowest BCUT2D eigenvalue weighted by Crippen LogP contribution is -2.37. The number of carbonyl (C=O) groups excluding carboxylic acids is 2. The first-order valence-corrected chi connectivity index (χ1v) is 11.9. The molecule has 1 aromatic carbocycles. The minimum absolute atomic E-state index is 0.155. The van der Waals surface area contributed by atoms with E-state index in [1.807, 2.05) is 24.1 Å². The maximum absolute atomic E-state index is 12.5. The van der Waals surface area contributed by atoms with E-state index in [0.717, 1.165) is 60.4 Å². The number of aromatic nitrogens is 2. The van der Waals surface area contributed by atoms with Crippen molar-refractivity contribution in [3.63, 3.8) is 0 Å². The van der Waals surface area contributed by atoms with E-state index in [1.165, 1.54) is 11.3 Å². The van der Waals surface area contributed by atoms with Crippen LogP contribution in [0, 0.1) is 19.8 Å². The number of imidazole rings is 1. The molecule has 0 bridgehead atoms. The highest BCUT2D eigenvalue weighted by molar-refractivity contribution is 5.97. The average molecular weight is 447 g/mol. The van der Waals surface area contributed by atoms with Crippen LogP contribution in [-0.4, -0.2) is 52.7 Å². The summed E-state index contributed by atoms with van der Waals surface area (Å²) in [6.07, 6.45) is 5.55. The predicted octanol–water partition coefficient (Wildman–Crippen LogP) is 4.21. The van der Waals surface area contributed by atoms with E-state index in [9.17, 15) is 9.59 Å². The van der Waals surface area contributed by atoms with Crippen molar-refractivity contribution in [2.45, 2.75) is 46.5 Å². The van der Waals surface area contributed by atoms with Gasteiger partial charge in [0.1, 0.15) is 5.65 Å². The van der Waals surface area contributed by atoms with Gasteiger partial charge in [-0.2, -0.15) is 0 Å². The fourth-order valence-electron chi connectivity index (χ4n) is 4.82. The van der Waals surface area contributed by atoms with Crippen molar-refractivity contribution in [2.24, 2.45) is 5.92 Å². The Balaban J connectivity index is 1.68. The summed E-state index contributed by atoms with van der Waals surface area (Å²) in [5.74, 6) is 0.838. The van der Waals surface area contributed by atoms with Crippen LogP contribution in [-0.2, 0) is 11.2 Å². The summed E-state index contributed by atoms with van der Waals surface area (Å²) in [6, 6.07) is 10.2. The van der Waals surface area contributed by atoms with Gasteiger partial charge in [0, 0.05) is 50.3 Å². The lowest BCUT2D eigenvalue weighted by Gasteiger charge is -2.31. The normalized spacial score (nSPS) is 14.7. The van der Waals surface area contributed by atoms with E-state index >= 15 is 0 Å². The molecule has 0 aliphatic carbocycles. The van der Waals surface area contributed by atoms with Gasteiger partial charge >= 0.3 is 0 Å². The van der Waals surface area contributed by atoms with Crippen molar-refractivity contribution in [3.8, 4) is 11.3 Å². The van der Waals surface area contributed by atoms with E-state index in [-0.39, 0.29) is 11.7 Å². The minimum atomic E-state index is 0.155. The molecule has 1 aliphatic rings. The van der Waals surface area contributed by atoms with E-state index in [0.29, 0.717) is 18.9 Å². The van der Waals surface area contributed by atoms with Crippen LogP contribution in [0.5, 0.6) is 0 Å². The molecule has 0 unspecified atom stereocenters. The number of pyridine rings is 1. The Morgan fingerprint density at radius 3 is 2.55 bits per heavy atom. The van der Waals surface area contributed by atoms with Crippen LogP contribution in [0.4, 0.5) is 0 Å². The molecule has 3 heterocycles. The Bertz CT molecular complexity index is 1170. The highest BCUT2D eigenvalue weighted by Gasteiger charge is 2.25. The molecule has 6 heteroatoms. The van der Waals surface area contributed by atoms with Gasteiger partial charge in [-0.1, -0.05) is 12.1 Å². The molecule has 33 heavy (non-hydrogen) atoms. The van der Waals surface area contributed by atoms with Gasteiger partial charge < -0.3 is 14.6 Å².